The smallest absolute Gasteiger partial charge is 0.137 e. The number of carbonyl (C=O) groups is 1. The molecule has 5 heteroatoms. The van der Waals surface area contributed by atoms with E-state index in [0.717, 1.165) is 55.0 Å². The Kier molecular flexibility index (Phi) is 6.19. The summed E-state index contributed by atoms with van der Waals surface area (Å²) in [4.78, 5) is 19.4. The minimum absolute atomic E-state index is 0.0119. The topological polar surface area (TPSA) is 33.2 Å². The highest BCUT2D eigenvalue weighted by Crippen LogP contribution is 2.26. The Morgan fingerprint density at radius 2 is 1.85 bits per heavy atom. The molecule has 0 radical (unpaired) electrons. The first-order chi connectivity index (χ1) is 12.9. The highest BCUT2D eigenvalue weighted by Gasteiger charge is 2.20. The number of benzene rings is 1. The van der Waals surface area contributed by atoms with E-state index in [2.05, 4.69) is 11.8 Å². The van der Waals surface area contributed by atoms with Gasteiger partial charge in [-0.15, -0.1) is 0 Å². The third kappa shape index (κ3) is 5.12. The molecule has 0 atom stereocenters. The molecule has 1 aromatic heterocycles. The van der Waals surface area contributed by atoms with Crippen molar-refractivity contribution in [2.24, 2.45) is 5.92 Å². The number of nitrogens with zero attached hydrogens (tertiary/aromatic N) is 2. The Labute approximate surface area is 159 Å². The van der Waals surface area contributed by atoms with Crippen LogP contribution in [-0.2, 0) is 17.6 Å². The quantitative estimate of drug-likeness (QED) is 0.740. The van der Waals surface area contributed by atoms with Crippen LogP contribution in [-0.4, -0.2) is 23.9 Å². The van der Waals surface area contributed by atoms with E-state index in [0.29, 0.717) is 12.8 Å². The minimum atomic E-state index is -0.663. The fourth-order valence-corrected chi connectivity index (χ4v) is 3.50. The molecule has 1 aliphatic heterocycles. The van der Waals surface area contributed by atoms with E-state index in [9.17, 15) is 13.6 Å². The molecule has 1 aliphatic rings. The van der Waals surface area contributed by atoms with Gasteiger partial charge in [-0.2, -0.15) is 0 Å². The Balaban J connectivity index is 1.66. The molecule has 2 aromatic rings. The zero-order valence-corrected chi connectivity index (χ0v) is 16.0. The summed E-state index contributed by atoms with van der Waals surface area (Å²) in [6.45, 7) is 6.22. The Hall–Kier alpha value is -2.30. The summed E-state index contributed by atoms with van der Waals surface area (Å²) in [6.07, 6.45) is 3.19. The highest BCUT2D eigenvalue weighted by atomic mass is 19.1. The Bertz CT molecular complexity index is 814. The fraction of sp³-hybridized carbons (Fsp3) is 0.455. The number of hydrogen-bond donors (Lipinski definition) is 0. The second-order valence-electron chi connectivity index (χ2n) is 7.56. The number of pyridine rings is 1. The maximum Gasteiger partial charge on any atom is 0.137 e. The van der Waals surface area contributed by atoms with Crippen LogP contribution < -0.4 is 4.90 Å². The number of aryl methyl sites for hydroxylation is 2. The third-order valence-electron chi connectivity index (χ3n) is 5.25. The van der Waals surface area contributed by atoms with Crippen LogP contribution in [0.5, 0.6) is 0 Å². The van der Waals surface area contributed by atoms with Crippen LogP contribution in [0.25, 0.3) is 0 Å². The number of piperidine rings is 1. The van der Waals surface area contributed by atoms with Gasteiger partial charge in [0.25, 0.3) is 0 Å². The number of aromatic nitrogens is 1. The molecule has 3 nitrogen and oxygen atoms in total. The summed E-state index contributed by atoms with van der Waals surface area (Å²) >= 11 is 0. The molecule has 3 rings (SSSR count). The fourth-order valence-electron chi connectivity index (χ4n) is 3.50. The van der Waals surface area contributed by atoms with Gasteiger partial charge in [0.1, 0.15) is 23.2 Å². The molecule has 1 aromatic carbocycles. The third-order valence-corrected chi connectivity index (χ3v) is 5.25. The summed E-state index contributed by atoms with van der Waals surface area (Å²) in [5.74, 6) is 0.363. The standard InChI is InChI=1S/C22H26F2N2O/c1-15-9-11-26(12-10-15)22-17(4-3-16(2)25-22)6-8-20(27)13-18-5-7-19(23)14-21(18)24/h3-5,7,14-15H,6,8-13H2,1-2H3. The van der Waals surface area contributed by atoms with E-state index in [1.165, 1.54) is 12.1 Å². The van der Waals surface area contributed by atoms with E-state index < -0.39 is 11.6 Å². The van der Waals surface area contributed by atoms with Gasteiger partial charge in [0.2, 0.25) is 0 Å². The number of halogens is 2. The lowest BCUT2D eigenvalue weighted by Gasteiger charge is -2.32. The van der Waals surface area contributed by atoms with E-state index in [1.807, 2.05) is 19.1 Å². The Morgan fingerprint density at radius 1 is 1.15 bits per heavy atom. The van der Waals surface area contributed by atoms with E-state index in [-0.39, 0.29) is 17.8 Å². The summed E-state index contributed by atoms with van der Waals surface area (Å²) in [6, 6.07) is 7.36. The van der Waals surface area contributed by atoms with Gasteiger partial charge in [0, 0.05) is 37.7 Å². The zero-order valence-electron chi connectivity index (χ0n) is 16.0. The van der Waals surface area contributed by atoms with Gasteiger partial charge < -0.3 is 4.90 Å². The van der Waals surface area contributed by atoms with Crippen LogP contribution in [0.3, 0.4) is 0 Å². The van der Waals surface area contributed by atoms with Crippen LogP contribution in [0.2, 0.25) is 0 Å². The molecule has 1 saturated heterocycles. The molecule has 0 unspecified atom stereocenters. The normalized spacial score (nSPS) is 15.2. The largest absolute Gasteiger partial charge is 0.356 e. The first-order valence-corrected chi connectivity index (χ1v) is 9.59. The highest BCUT2D eigenvalue weighted by molar-refractivity contribution is 5.81. The van der Waals surface area contributed by atoms with Crippen LogP contribution in [0, 0.1) is 24.5 Å². The predicted molar refractivity (Wildman–Crippen MR) is 103 cm³/mol. The molecule has 1 fully saturated rings. The summed E-state index contributed by atoms with van der Waals surface area (Å²) in [5.41, 5.74) is 2.27. The van der Waals surface area contributed by atoms with Gasteiger partial charge >= 0.3 is 0 Å². The van der Waals surface area contributed by atoms with E-state index in [4.69, 9.17) is 4.98 Å². The van der Waals surface area contributed by atoms with Gasteiger partial charge in [0.05, 0.1) is 0 Å². The summed E-state index contributed by atoms with van der Waals surface area (Å²) in [5, 5.41) is 0. The second kappa shape index (κ2) is 8.59. The first kappa shape index (κ1) is 19.5. The summed E-state index contributed by atoms with van der Waals surface area (Å²) in [7, 11) is 0. The van der Waals surface area contributed by atoms with Crippen molar-refractivity contribution in [1.29, 1.82) is 0 Å². The monoisotopic (exact) mass is 372 g/mol. The SMILES string of the molecule is Cc1ccc(CCC(=O)Cc2ccc(F)cc2F)c(N2CCC(C)CC2)n1. The van der Waals surface area contributed by atoms with Gasteiger partial charge in [0.15, 0.2) is 0 Å². The molecule has 2 heterocycles. The first-order valence-electron chi connectivity index (χ1n) is 9.59. The lowest BCUT2D eigenvalue weighted by atomic mass is 9.98. The van der Waals surface area contributed by atoms with Gasteiger partial charge in [-0.05, 0) is 55.4 Å². The summed E-state index contributed by atoms with van der Waals surface area (Å²) < 4.78 is 26.7. The molecular weight excluding hydrogens is 346 g/mol. The van der Waals surface area contributed by atoms with Crippen molar-refractivity contribution in [3.8, 4) is 0 Å². The van der Waals surface area contributed by atoms with Crippen molar-refractivity contribution < 1.29 is 13.6 Å². The Morgan fingerprint density at radius 3 is 2.56 bits per heavy atom. The predicted octanol–water partition coefficient (Wildman–Crippen LogP) is 4.65. The van der Waals surface area contributed by atoms with Gasteiger partial charge in [-0.25, -0.2) is 13.8 Å². The number of hydrogen-bond acceptors (Lipinski definition) is 3. The molecule has 27 heavy (non-hydrogen) atoms. The number of rotatable bonds is 6. The molecule has 0 saturated carbocycles. The average Bonchev–Trinajstić information content (AvgIpc) is 2.64. The van der Waals surface area contributed by atoms with Crippen molar-refractivity contribution in [1.82, 2.24) is 4.98 Å². The lowest BCUT2D eigenvalue weighted by molar-refractivity contribution is -0.118. The van der Waals surface area contributed by atoms with E-state index >= 15 is 0 Å². The van der Waals surface area contributed by atoms with Crippen molar-refractivity contribution in [2.45, 2.75) is 46.0 Å². The maximum atomic E-state index is 13.7. The number of Topliss-reactive ketones (excluding diaryl/α,β-unsaturated/α-hetero) is 1. The molecule has 0 amide bonds. The molecule has 0 aliphatic carbocycles. The van der Waals surface area contributed by atoms with Crippen LogP contribution in [0.4, 0.5) is 14.6 Å². The lowest BCUT2D eigenvalue weighted by Crippen LogP contribution is -2.34. The molecule has 0 spiro atoms. The number of ketones is 1. The minimum Gasteiger partial charge on any atom is -0.356 e. The molecule has 0 bridgehead atoms. The number of anilines is 1. The average molecular weight is 372 g/mol. The van der Waals surface area contributed by atoms with Crippen LogP contribution in [0.1, 0.15) is 43.0 Å². The van der Waals surface area contributed by atoms with Crippen LogP contribution in [0.15, 0.2) is 30.3 Å². The zero-order chi connectivity index (χ0) is 19.4. The van der Waals surface area contributed by atoms with Crippen molar-refractivity contribution in [3.05, 3.63) is 58.8 Å². The van der Waals surface area contributed by atoms with E-state index in [1.54, 1.807) is 0 Å². The van der Waals surface area contributed by atoms with Crippen LogP contribution >= 0.6 is 0 Å². The molecule has 144 valence electrons. The maximum absolute atomic E-state index is 13.7. The molecule has 0 N–H and O–H groups in total. The van der Waals surface area contributed by atoms with Crippen molar-refractivity contribution in [2.75, 3.05) is 18.0 Å². The van der Waals surface area contributed by atoms with Crippen molar-refractivity contribution >= 4 is 11.6 Å². The molecular formula is C22H26F2N2O. The number of carbonyl (C=O) groups excluding carboxylic acids is 1. The second-order valence-corrected chi connectivity index (χ2v) is 7.56. The van der Waals surface area contributed by atoms with Gasteiger partial charge in [-0.3, -0.25) is 4.79 Å². The van der Waals surface area contributed by atoms with Crippen molar-refractivity contribution in [3.63, 3.8) is 0 Å². The van der Waals surface area contributed by atoms with Gasteiger partial charge in [-0.1, -0.05) is 19.1 Å².